The summed E-state index contributed by atoms with van der Waals surface area (Å²) in [4.78, 5) is 13.0. The Balaban J connectivity index is 1.99. The van der Waals surface area contributed by atoms with Gasteiger partial charge in [-0.1, -0.05) is 36.0 Å². The fourth-order valence-electron chi connectivity index (χ4n) is 2.57. The van der Waals surface area contributed by atoms with Crippen molar-refractivity contribution < 1.29 is 14.6 Å². The lowest BCUT2D eigenvalue weighted by Gasteiger charge is -2.11. The first kappa shape index (κ1) is 20.4. The van der Waals surface area contributed by atoms with Crippen molar-refractivity contribution in [2.24, 2.45) is 5.10 Å². The van der Waals surface area contributed by atoms with E-state index in [9.17, 15) is 4.79 Å². The summed E-state index contributed by atoms with van der Waals surface area (Å²) < 4.78 is 6.96. The number of hydrogen-bond acceptors (Lipinski definition) is 7. The molecule has 0 atom stereocenters. The van der Waals surface area contributed by atoms with Crippen LogP contribution in [0.3, 0.4) is 0 Å². The van der Waals surface area contributed by atoms with E-state index in [0.717, 1.165) is 23.0 Å². The summed E-state index contributed by atoms with van der Waals surface area (Å²) in [5, 5.41) is 22.3. The Bertz CT molecular complexity index is 1020. The van der Waals surface area contributed by atoms with Crippen molar-refractivity contribution in [1.29, 1.82) is 0 Å². The molecule has 0 saturated carbocycles. The summed E-state index contributed by atoms with van der Waals surface area (Å²) in [5.41, 5.74) is 2.69. The minimum absolute atomic E-state index is 0.142. The van der Waals surface area contributed by atoms with Crippen molar-refractivity contribution in [2.45, 2.75) is 5.16 Å². The number of carboxylic acids is 1. The van der Waals surface area contributed by atoms with Crippen molar-refractivity contribution in [1.82, 2.24) is 14.9 Å². The number of hydrogen-bond donors (Lipinski definition) is 1. The summed E-state index contributed by atoms with van der Waals surface area (Å²) in [5.74, 6) is 0.0153. The van der Waals surface area contributed by atoms with Crippen LogP contribution in [0.25, 0.3) is 11.4 Å². The van der Waals surface area contributed by atoms with Gasteiger partial charge in [0.1, 0.15) is 5.75 Å². The number of carbonyl (C=O) groups is 1. The lowest BCUT2D eigenvalue weighted by Crippen LogP contribution is -2.08. The van der Waals surface area contributed by atoms with Gasteiger partial charge in [0.2, 0.25) is 5.16 Å². The van der Waals surface area contributed by atoms with E-state index in [1.807, 2.05) is 67.5 Å². The number of ether oxygens (including phenoxy) is 1. The van der Waals surface area contributed by atoms with Crippen molar-refractivity contribution in [3.63, 3.8) is 0 Å². The molecule has 0 bridgehead atoms. The quantitative estimate of drug-likeness (QED) is 0.450. The summed E-state index contributed by atoms with van der Waals surface area (Å²) in [6.45, 7) is 0. The van der Waals surface area contributed by atoms with E-state index in [0.29, 0.717) is 22.3 Å². The number of nitrogens with zero attached hydrogens (tertiary/aromatic N) is 5. The van der Waals surface area contributed by atoms with Gasteiger partial charge in [0.25, 0.3) is 0 Å². The molecule has 0 radical (unpaired) electrons. The number of rotatable bonds is 8. The summed E-state index contributed by atoms with van der Waals surface area (Å²) in [6, 6.07) is 15.3. The Morgan fingerprint density at radius 1 is 1.21 bits per heavy atom. The van der Waals surface area contributed by atoms with Crippen molar-refractivity contribution >= 4 is 29.6 Å². The molecule has 3 rings (SSSR count). The van der Waals surface area contributed by atoms with E-state index in [2.05, 4.69) is 15.3 Å². The van der Waals surface area contributed by atoms with Crippen molar-refractivity contribution in [3.8, 4) is 17.1 Å². The van der Waals surface area contributed by atoms with Gasteiger partial charge in [0, 0.05) is 19.8 Å². The molecule has 2 aromatic carbocycles. The molecule has 0 fully saturated rings. The minimum Gasteiger partial charge on any atom is -0.496 e. The fourth-order valence-corrected chi connectivity index (χ4v) is 3.17. The molecule has 8 nitrogen and oxygen atoms in total. The van der Waals surface area contributed by atoms with Crippen LogP contribution in [-0.4, -0.2) is 59.1 Å². The summed E-state index contributed by atoms with van der Waals surface area (Å²) >= 11 is 1.05. The molecule has 0 unspecified atom stereocenters. The highest BCUT2D eigenvalue weighted by Crippen LogP contribution is 2.30. The number of aromatic nitrogens is 3. The van der Waals surface area contributed by atoms with Gasteiger partial charge in [-0.15, -0.1) is 10.2 Å². The monoisotopic (exact) mass is 411 g/mol. The van der Waals surface area contributed by atoms with Crippen LogP contribution in [0.2, 0.25) is 0 Å². The van der Waals surface area contributed by atoms with Crippen LogP contribution < -0.4 is 9.64 Å². The SMILES string of the molecule is COc1ccccc1-c1nnc(SCC(=O)O)n1/N=C/c1ccc(N(C)C)cc1. The molecule has 0 aliphatic carbocycles. The van der Waals surface area contributed by atoms with Crippen LogP contribution in [-0.2, 0) is 4.79 Å². The lowest BCUT2D eigenvalue weighted by atomic mass is 10.2. The third kappa shape index (κ3) is 4.94. The molecule has 150 valence electrons. The minimum atomic E-state index is -0.938. The van der Waals surface area contributed by atoms with Crippen LogP contribution in [0.4, 0.5) is 5.69 Å². The van der Waals surface area contributed by atoms with Gasteiger partial charge in [-0.2, -0.15) is 9.78 Å². The number of methoxy groups -OCH3 is 1. The maximum atomic E-state index is 11.0. The number of carboxylic acid groups (broad SMARTS) is 1. The zero-order chi connectivity index (χ0) is 20.8. The maximum Gasteiger partial charge on any atom is 0.313 e. The molecule has 29 heavy (non-hydrogen) atoms. The topological polar surface area (TPSA) is 92.8 Å². The van der Waals surface area contributed by atoms with E-state index in [4.69, 9.17) is 9.84 Å². The zero-order valence-corrected chi connectivity index (χ0v) is 17.1. The van der Waals surface area contributed by atoms with Gasteiger partial charge >= 0.3 is 5.97 Å². The predicted octanol–water partition coefficient (Wildman–Crippen LogP) is 3.08. The average molecular weight is 411 g/mol. The van der Waals surface area contributed by atoms with Gasteiger partial charge in [0.15, 0.2) is 5.82 Å². The maximum absolute atomic E-state index is 11.0. The number of aliphatic carboxylic acids is 1. The first-order valence-corrected chi connectivity index (χ1v) is 9.73. The molecule has 0 amide bonds. The highest BCUT2D eigenvalue weighted by Gasteiger charge is 2.18. The Labute approximate surface area is 172 Å². The molecular formula is C20H21N5O3S. The van der Waals surface area contributed by atoms with E-state index >= 15 is 0 Å². The van der Waals surface area contributed by atoms with Gasteiger partial charge < -0.3 is 14.7 Å². The van der Waals surface area contributed by atoms with Gasteiger partial charge in [-0.3, -0.25) is 4.79 Å². The number of para-hydroxylation sites is 1. The fraction of sp³-hybridized carbons (Fsp3) is 0.200. The van der Waals surface area contributed by atoms with Crippen LogP contribution in [0.5, 0.6) is 5.75 Å². The third-order valence-corrected chi connectivity index (χ3v) is 4.92. The Morgan fingerprint density at radius 3 is 2.59 bits per heavy atom. The van der Waals surface area contributed by atoms with Crippen molar-refractivity contribution in [2.75, 3.05) is 31.9 Å². The zero-order valence-electron chi connectivity index (χ0n) is 16.3. The Hall–Kier alpha value is -3.33. The van der Waals surface area contributed by atoms with Crippen LogP contribution in [0, 0.1) is 0 Å². The van der Waals surface area contributed by atoms with E-state index in [-0.39, 0.29) is 5.75 Å². The highest BCUT2D eigenvalue weighted by molar-refractivity contribution is 7.99. The highest BCUT2D eigenvalue weighted by atomic mass is 32.2. The van der Waals surface area contributed by atoms with Gasteiger partial charge in [0.05, 0.1) is 24.6 Å². The first-order chi connectivity index (χ1) is 14.0. The molecule has 0 aliphatic heterocycles. The Kier molecular flexibility index (Phi) is 6.50. The summed E-state index contributed by atoms with van der Waals surface area (Å²) in [7, 11) is 5.53. The van der Waals surface area contributed by atoms with Gasteiger partial charge in [-0.05, 0) is 29.8 Å². The second-order valence-corrected chi connectivity index (χ2v) is 7.17. The normalized spacial score (nSPS) is 11.0. The van der Waals surface area contributed by atoms with Crippen LogP contribution in [0.1, 0.15) is 5.56 Å². The molecule has 0 saturated heterocycles. The predicted molar refractivity (Wildman–Crippen MR) is 114 cm³/mol. The number of thioether (sulfide) groups is 1. The second kappa shape index (κ2) is 9.24. The van der Waals surface area contributed by atoms with Crippen LogP contribution >= 0.6 is 11.8 Å². The largest absolute Gasteiger partial charge is 0.496 e. The molecule has 1 heterocycles. The Morgan fingerprint density at radius 2 is 1.93 bits per heavy atom. The second-order valence-electron chi connectivity index (χ2n) is 6.23. The number of anilines is 1. The average Bonchev–Trinajstić information content (AvgIpc) is 3.13. The van der Waals surface area contributed by atoms with E-state index < -0.39 is 5.97 Å². The van der Waals surface area contributed by atoms with E-state index in [1.54, 1.807) is 13.3 Å². The molecule has 0 spiro atoms. The number of benzene rings is 2. The molecule has 0 aliphatic rings. The molecule has 9 heteroatoms. The smallest absolute Gasteiger partial charge is 0.313 e. The first-order valence-electron chi connectivity index (χ1n) is 8.74. The molecule has 1 N–H and O–H groups in total. The van der Waals surface area contributed by atoms with Crippen LogP contribution in [0.15, 0.2) is 58.8 Å². The molecule has 1 aromatic heterocycles. The van der Waals surface area contributed by atoms with Gasteiger partial charge in [-0.25, -0.2) is 0 Å². The van der Waals surface area contributed by atoms with Crippen molar-refractivity contribution in [3.05, 3.63) is 54.1 Å². The van der Waals surface area contributed by atoms with E-state index in [1.165, 1.54) is 4.68 Å². The summed E-state index contributed by atoms with van der Waals surface area (Å²) in [6.07, 6.45) is 1.69. The lowest BCUT2D eigenvalue weighted by molar-refractivity contribution is -0.133. The standard InChI is InChI=1S/C20H21N5O3S/c1-24(2)15-10-8-14(9-11-15)12-21-25-19(16-6-4-5-7-17(16)28-3)22-23-20(25)29-13-18(26)27/h4-12H,13H2,1-3H3,(H,26,27)/b21-12+. The molecule has 3 aromatic rings. The third-order valence-electron chi connectivity index (χ3n) is 4.02. The molecular weight excluding hydrogens is 390 g/mol.